The monoisotopic (exact) mass is 739 g/mol. The molecule has 0 saturated heterocycles. The predicted molar refractivity (Wildman–Crippen MR) is 180 cm³/mol. The highest BCUT2D eigenvalue weighted by Crippen LogP contribution is 2.37. The zero-order valence-corrected chi connectivity index (χ0v) is 29.1. The summed E-state index contributed by atoms with van der Waals surface area (Å²) in [6, 6.07) is 6.38. The second-order valence-electron chi connectivity index (χ2n) is 11.7. The van der Waals surface area contributed by atoms with Crippen molar-refractivity contribution in [1.29, 1.82) is 0 Å². The molecular weight excluding hydrogens is 710 g/mol. The molecule has 0 fully saturated rings. The van der Waals surface area contributed by atoms with E-state index in [9.17, 15) is 27.2 Å². The van der Waals surface area contributed by atoms with Crippen LogP contribution in [0.1, 0.15) is 35.9 Å². The molecule has 2 aliphatic heterocycles. The van der Waals surface area contributed by atoms with E-state index in [1.807, 2.05) is 4.57 Å². The molecule has 4 aromatic rings. The topological polar surface area (TPSA) is 220 Å². The lowest BCUT2D eigenvalue weighted by molar-refractivity contribution is -0.121. The van der Waals surface area contributed by atoms with Crippen LogP contribution in [0.5, 0.6) is 11.8 Å². The van der Waals surface area contributed by atoms with Crippen LogP contribution >= 0.6 is 11.5 Å². The predicted octanol–water partition coefficient (Wildman–Crippen LogP) is 2.65. The molecule has 51 heavy (non-hydrogen) atoms. The van der Waals surface area contributed by atoms with Crippen molar-refractivity contribution < 1.29 is 41.8 Å². The van der Waals surface area contributed by atoms with Crippen LogP contribution in [-0.4, -0.2) is 75.6 Å². The summed E-state index contributed by atoms with van der Waals surface area (Å²) in [6.45, 7) is 6.58. The van der Waals surface area contributed by atoms with E-state index in [2.05, 4.69) is 49.4 Å². The van der Waals surface area contributed by atoms with Crippen molar-refractivity contribution in [2.75, 3.05) is 30.5 Å². The van der Waals surface area contributed by atoms with Crippen LogP contribution in [0, 0.1) is 30.5 Å². The Morgan fingerprint density at radius 2 is 1.98 bits per heavy atom. The average molecular weight is 740 g/mol. The largest absolute Gasteiger partial charge is 0.481 e. The van der Waals surface area contributed by atoms with E-state index in [0.717, 1.165) is 30.9 Å². The number of carboxylic acids is 1. The van der Waals surface area contributed by atoms with Gasteiger partial charge in [0.2, 0.25) is 10.7 Å². The maximum Gasteiger partial charge on any atom is 0.337 e. The fraction of sp³-hybridized carbons (Fsp3) is 0.290. The lowest BCUT2D eigenvalue weighted by Gasteiger charge is -2.28. The Kier molecular flexibility index (Phi) is 10.3. The number of nitrogens with one attached hydrogen (secondary N) is 2. The Hall–Kier alpha value is -5.94. The van der Waals surface area contributed by atoms with E-state index in [0.29, 0.717) is 16.2 Å². The standard InChI is InChI=1S/C18H17FN4O2S.C13H13N5O6S/c1-4-5-22-13-7-12(11(19)6-14(13)25-9-16(22)24)20-17-23-10-18(2,3)8-15(23)21-26-17;1-7-14-11(17-13(15-7)24-2)16-12(21)18-25(22,23)9-6-4-3-5-8(9)10(19)20/h1,6-7H,5,8-10H2,2-3H3;3-6H,1-2H3,(H,19,20)(H2,14,15,16,17,18,21). The van der Waals surface area contributed by atoms with E-state index in [-0.39, 0.29) is 47.9 Å². The van der Waals surface area contributed by atoms with Crippen molar-refractivity contribution in [1.82, 2.24) is 28.6 Å². The number of amides is 3. The molecule has 2 aromatic carbocycles. The van der Waals surface area contributed by atoms with Gasteiger partial charge in [0.15, 0.2) is 12.4 Å². The van der Waals surface area contributed by atoms with E-state index >= 15 is 0 Å². The number of rotatable bonds is 7. The zero-order chi connectivity index (χ0) is 37.1. The number of halogens is 1. The van der Waals surface area contributed by atoms with Gasteiger partial charge in [0.05, 0.1) is 24.9 Å². The molecule has 20 heteroatoms. The van der Waals surface area contributed by atoms with Gasteiger partial charge in [-0.2, -0.15) is 19.3 Å². The van der Waals surface area contributed by atoms with Gasteiger partial charge in [-0.1, -0.05) is 31.9 Å². The number of aromatic nitrogens is 5. The molecule has 266 valence electrons. The number of aromatic carboxylic acids is 1. The van der Waals surface area contributed by atoms with Crippen molar-refractivity contribution in [2.45, 2.75) is 38.6 Å². The molecule has 17 nitrogen and oxygen atoms in total. The smallest absolute Gasteiger partial charge is 0.337 e. The number of hydrogen-bond donors (Lipinski definition) is 3. The van der Waals surface area contributed by atoms with Crippen molar-refractivity contribution in [3.8, 4) is 24.1 Å². The first-order valence-corrected chi connectivity index (χ1v) is 17.1. The number of ether oxygens (including phenoxy) is 2. The molecular formula is C31H30FN9O8S2. The molecule has 0 bridgehead atoms. The molecule has 0 unspecified atom stereocenters. The Morgan fingerprint density at radius 1 is 1.24 bits per heavy atom. The number of carbonyl (C=O) groups excluding carboxylic acids is 2. The first-order valence-electron chi connectivity index (χ1n) is 14.8. The van der Waals surface area contributed by atoms with Gasteiger partial charge >= 0.3 is 18.0 Å². The van der Waals surface area contributed by atoms with Crippen LogP contribution in [0.25, 0.3) is 0 Å². The lowest BCUT2D eigenvalue weighted by atomic mass is 9.92. The second kappa shape index (κ2) is 14.5. The fourth-order valence-corrected chi connectivity index (χ4v) is 6.90. The number of urea groups is 1. The van der Waals surface area contributed by atoms with Gasteiger partial charge < -0.3 is 19.1 Å². The minimum absolute atomic E-state index is 0.0677. The Morgan fingerprint density at radius 3 is 2.69 bits per heavy atom. The van der Waals surface area contributed by atoms with Crippen molar-refractivity contribution >= 4 is 56.8 Å². The van der Waals surface area contributed by atoms with E-state index in [4.69, 9.17) is 21.0 Å². The third kappa shape index (κ3) is 8.27. The quantitative estimate of drug-likeness (QED) is 0.233. The van der Waals surface area contributed by atoms with Crippen molar-refractivity contribution in [3.05, 3.63) is 64.2 Å². The highest BCUT2D eigenvalue weighted by atomic mass is 32.2. The van der Waals surface area contributed by atoms with Crippen molar-refractivity contribution in [2.24, 2.45) is 10.4 Å². The average Bonchev–Trinajstić information content (AvgIpc) is 3.57. The highest BCUT2D eigenvalue weighted by Gasteiger charge is 2.31. The molecule has 0 saturated carbocycles. The number of carbonyl (C=O) groups is 3. The maximum atomic E-state index is 14.5. The van der Waals surface area contributed by atoms with E-state index in [1.165, 1.54) is 54.7 Å². The van der Waals surface area contributed by atoms with Gasteiger partial charge in [-0.05, 0) is 30.5 Å². The summed E-state index contributed by atoms with van der Waals surface area (Å²) in [5.41, 5.74) is 0.206. The number of aryl methyl sites for hydroxylation is 1. The van der Waals surface area contributed by atoms with E-state index < -0.39 is 38.3 Å². The van der Waals surface area contributed by atoms with E-state index in [1.54, 1.807) is 4.72 Å². The SMILES string of the molecule is C#CCN1C(=O)COc2cc(F)c(N=c3snc4n3CC(C)(C)C4)cc21.COc1nc(C)nc(NC(=O)NS(=O)(=O)c2ccccc2C(=O)O)n1. The number of benzene rings is 2. The van der Waals surface area contributed by atoms with Crippen LogP contribution < -0.4 is 29.2 Å². The number of fused-ring (bicyclic) bond motifs is 2. The third-order valence-corrected chi connectivity index (χ3v) is 9.37. The number of hydrogen-bond acceptors (Lipinski definition) is 13. The molecule has 0 atom stereocenters. The summed E-state index contributed by atoms with van der Waals surface area (Å²) >= 11 is 1.24. The molecule has 0 radical (unpaired) electrons. The summed E-state index contributed by atoms with van der Waals surface area (Å²) in [7, 11) is -3.11. The number of sulfonamides is 1. The molecule has 3 amide bonds. The Balaban J connectivity index is 0.000000198. The van der Waals surface area contributed by atoms with Crippen LogP contribution in [0.3, 0.4) is 0 Å². The number of carboxylic acid groups (broad SMARTS) is 1. The Labute approximate surface area is 294 Å². The molecule has 0 aliphatic carbocycles. The molecule has 4 heterocycles. The van der Waals surface area contributed by atoms with Crippen LogP contribution in [0.15, 0.2) is 46.3 Å². The van der Waals surface area contributed by atoms with Gasteiger partial charge in [-0.15, -0.1) is 6.42 Å². The van der Waals surface area contributed by atoms with Crippen LogP contribution in [0.2, 0.25) is 0 Å². The summed E-state index contributed by atoms with van der Waals surface area (Å²) in [5.74, 6) is 1.48. The minimum atomic E-state index is -4.43. The maximum absolute atomic E-state index is 14.5. The van der Waals surface area contributed by atoms with Crippen molar-refractivity contribution in [3.63, 3.8) is 0 Å². The van der Waals surface area contributed by atoms with Gasteiger partial charge in [0.1, 0.15) is 28.0 Å². The molecule has 6 rings (SSSR count). The van der Waals surface area contributed by atoms with Gasteiger partial charge in [-0.25, -0.2) is 32.1 Å². The first kappa shape index (κ1) is 36.3. The highest BCUT2D eigenvalue weighted by molar-refractivity contribution is 7.90. The zero-order valence-electron chi connectivity index (χ0n) is 27.5. The van der Waals surface area contributed by atoms with Gasteiger partial charge in [0.25, 0.3) is 15.9 Å². The number of terminal acetylenes is 1. The normalized spacial score (nSPS) is 14.6. The summed E-state index contributed by atoms with van der Waals surface area (Å²) in [6.07, 6.45) is 6.22. The summed E-state index contributed by atoms with van der Waals surface area (Å²) in [4.78, 5) is 52.4. The third-order valence-electron chi connectivity index (χ3n) is 7.20. The lowest BCUT2D eigenvalue weighted by Crippen LogP contribution is -2.39. The Bertz CT molecular complexity index is 2270. The molecule has 0 spiro atoms. The molecule has 2 aliphatic rings. The van der Waals surface area contributed by atoms with Gasteiger partial charge in [-0.3, -0.25) is 15.0 Å². The van der Waals surface area contributed by atoms with Crippen LogP contribution in [-0.2, 0) is 27.8 Å². The number of nitrogens with zero attached hydrogens (tertiary/aromatic N) is 7. The fourth-order valence-electron chi connectivity index (χ4n) is 5.03. The minimum Gasteiger partial charge on any atom is -0.481 e. The number of methoxy groups -OCH3 is 1. The van der Waals surface area contributed by atoms with Gasteiger partial charge in [0, 0.05) is 30.6 Å². The summed E-state index contributed by atoms with van der Waals surface area (Å²) in [5, 5.41) is 11.2. The molecule has 2 aromatic heterocycles. The number of anilines is 2. The second-order valence-corrected chi connectivity index (χ2v) is 14.1. The first-order chi connectivity index (χ1) is 24.1. The summed E-state index contributed by atoms with van der Waals surface area (Å²) < 4.78 is 57.3. The van der Waals surface area contributed by atoms with Crippen LogP contribution in [0.4, 0.5) is 26.5 Å². The molecule has 3 N–H and O–H groups in total.